The van der Waals surface area contributed by atoms with E-state index in [1.165, 1.54) is 15.7 Å². The van der Waals surface area contributed by atoms with Crippen LogP contribution in [0.4, 0.5) is 0 Å². The van der Waals surface area contributed by atoms with Crippen LogP contribution in [0.5, 0.6) is 0 Å². The summed E-state index contributed by atoms with van der Waals surface area (Å²) in [6, 6.07) is 6.93. The molecule has 0 aliphatic rings. The van der Waals surface area contributed by atoms with E-state index in [-0.39, 0.29) is 0 Å². The monoisotopic (exact) mass is 295 g/mol. The Balaban J connectivity index is 2.63. The Kier molecular flexibility index (Phi) is 3.78. The van der Waals surface area contributed by atoms with Crippen LogP contribution in [0.25, 0.3) is 0 Å². The van der Waals surface area contributed by atoms with Crippen molar-refractivity contribution in [1.82, 2.24) is 3.97 Å². The minimum absolute atomic E-state index is 0.323. The summed E-state index contributed by atoms with van der Waals surface area (Å²) in [4.78, 5) is 0.323. The Hall–Kier alpha value is -1.20. The summed E-state index contributed by atoms with van der Waals surface area (Å²) in [5.41, 5.74) is 3.05. The number of aryl methyl sites for hydroxylation is 2. The lowest BCUT2D eigenvalue weighted by atomic mass is 10.2. The van der Waals surface area contributed by atoms with Gasteiger partial charge in [0.05, 0.1) is 9.92 Å². The average Bonchev–Trinajstić information content (AvgIpc) is 2.66. The van der Waals surface area contributed by atoms with Crippen LogP contribution < -0.4 is 0 Å². The SMILES string of the molecule is CSc1c(C)c(C)cn1S(=O)(=O)c1ccc(C)cc1. The van der Waals surface area contributed by atoms with Crippen molar-refractivity contribution in [3.63, 3.8) is 0 Å². The number of benzene rings is 1. The van der Waals surface area contributed by atoms with Gasteiger partial charge in [-0.05, 0) is 50.3 Å². The van der Waals surface area contributed by atoms with Gasteiger partial charge in [-0.3, -0.25) is 0 Å². The lowest BCUT2D eigenvalue weighted by molar-refractivity contribution is 0.583. The highest BCUT2D eigenvalue weighted by atomic mass is 32.2. The minimum Gasteiger partial charge on any atom is -0.235 e. The van der Waals surface area contributed by atoms with E-state index in [4.69, 9.17) is 0 Å². The summed E-state index contributed by atoms with van der Waals surface area (Å²) in [6.45, 7) is 5.81. The van der Waals surface area contributed by atoms with Gasteiger partial charge in [-0.15, -0.1) is 11.8 Å². The number of hydrogen-bond donors (Lipinski definition) is 0. The first-order valence-corrected chi connectivity index (χ1v) is 8.59. The quantitative estimate of drug-likeness (QED) is 0.815. The van der Waals surface area contributed by atoms with Gasteiger partial charge in [0.1, 0.15) is 0 Å². The normalized spacial score (nSPS) is 11.8. The van der Waals surface area contributed by atoms with Gasteiger partial charge < -0.3 is 0 Å². The fourth-order valence-electron chi connectivity index (χ4n) is 1.91. The molecule has 0 spiro atoms. The molecule has 0 fully saturated rings. The molecule has 0 saturated heterocycles. The van der Waals surface area contributed by atoms with Crippen molar-refractivity contribution in [2.45, 2.75) is 30.7 Å². The standard InChI is InChI=1S/C14H17NO2S2/c1-10-5-7-13(8-6-10)19(16,17)15-9-11(2)12(3)14(15)18-4/h5-9H,1-4H3. The summed E-state index contributed by atoms with van der Waals surface area (Å²) in [6.07, 6.45) is 3.58. The van der Waals surface area contributed by atoms with Crippen molar-refractivity contribution in [2.24, 2.45) is 0 Å². The van der Waals surface area contributed by atoms with Crippen molar-refractivity contribution in [3.8, 4) is 0 Å². The molecular weight excluding hydrogens is 278 g/mol. The van der Waals surface area contributed by atoms with Gasteiger partial charge in [0, 0.05) is 6.20 Å². The molecule has 2 aromatic rings. The van der Waals surface area contributed by atoms with E-state index in [9.17, 15) is 8.42 Å². The maximum Gasteiger partial charge on any atom is 0.268 e. The van der Waals surface area contributed by atoms with E-state index < -0.39 is 10.0 Å². The van der Waals surface area contributed by atoms with E-state index >= 15 is 0 Å². The fourth-order valence-corrected chi connectivity index (χ4v) is 4.49. The number of nitrogens with zero attached hydrogens (tertiary/aromatic N) is 1. The molecule has 1 aromatic heterocycles. The molecule has 19 heavy (non-hydrogen) atoms. The summed E-state index contributed by atoms with van der Waals surface area (Å²) in [5, 5.41) is 0.776. The summed E-state index contributed by atoms with van der Waals surface area (Å²) in [7, 11) is -3.50. The molecule has 0 saturated carbocycles. The van der Waals surface area contributed by atoms with E-state index in [0.717, 1.165) is 21.7 Å². The predicted molar refractivity (Wildman–Crippen MR) is 79.4 cm³/mol. The van der Waals surface area contributed by atoms with Crippen LogP contribution in [0.3, 0.4) is 0 Å². The molecular formula is C14H17NO2S2. The molecule has 0 aliphatic heterocycles. The van der Waals surface area contributed by atoms with Gasteiger partial charge in [0.25, 0.3) is 10.0 Å². The van der Waals surface area contributed by atoms with Crippen LogP contribution in [0.1, 0.15) is 16.7 Å². The van der Waals surface area contributed by atoms with Crippen molar-refractivity contribution < 1.29 is 8.42 Å². The summed E-state index contributed by atoms with van der Waals surface area (Å²) >= 11 is 1.45. The van der Waals surface area contributed by atoms with Crippen molar-refractivity contribution >= 4 is 21.8 Å². The van der Waals surface area contributed by atoms with Crippen molar-refractivity contribution in [1.29, 1.82) is 0 Å². The van der Waals surface area contributed by atoms with Crippen LogP contribution >= 0.6 is 11.8 Å². The van der Waals surface area contributed by atoms with Crippen LogP contribution in [-0.2, 0) is 10.0 Å². The average molecular weight is 295 g/mol. The van der Waals surface area contributed by atoms with E-state index in [0.29, 0.717) is 4.90 Å². The molecule has 0 aliphatic carbocycles. The molecule has 1 heterocycles. The van der Waals surface area contributed by atoms with Crippen LogP contribution in [0.15, 0.2) is 40.4 Å². The molecule has 0 unspecified atom stereocenters. The zero-order chi connectivity index (χ0) is 14.2. The maximum atomic E-state index is 12.6. The summed E-state index contributed by atoms with van der Waals surface area (Å²) < 4.78 is 26.7. The van der Waals surface area contributed by atoms with Crippen molar-refractivity contribution in [2.75, 3.05) is 6.26 Å². The zero-order valence-electron chi connectivity index (χ0n) is 11.5. The Morgan fingerprint density at radius 3 is 2.16 bits per heavy atom. The molecule has 0 amide bonds. The molecule has 0 bridgehead atoms. The smallest absolute Gasteiger partial charge is 0.235 e. The van der Waals surface area contributed by atoms with E-state index in [1.807, 2.05) is 39.2 Å². The fraction of sp³-hybridized carbons (Fsp3) is 0.286. The number of thioether (sulfide) groups is 1. The molecule has 1 aromatic carbocycles. The first-order valence-electron chi connectivity index (χ1n) is 5.92. The second-order valence-electron chi connectivity index (χ2n) is 4.56. The van der Waals surface area contributed by atoms with Crippen LogP contribution in [0, 0.1) is 20.8 Å². The molecule has 5 heteroatoms. The first-order chi connectivity index (χ1) is 8.87. The van der Waals surface area contributed by atoms with Crippen LogP contribution in [0.2, 0.25) is 0 Å². The van der Waals surface area contributed by atoms with Gasteiger partial charge in [-0.25, -0.2) is 12.4 Å². The van der Waals surface area contributed by atoms with Gasteiger partial charge >= 0.3 is 0 Å². The highest BCUT2D eigenvalue weighted by Gasteiger charge is 2.21. The van der Waals surface area contributed by atoms with Gasteiger partial charge in [-0.2, -0.15) is 0 Å². The maximum absolute atomic E-state index is 12.6. The Labute approximate surface area is 118 Å². The zero-order valence-corrected chi connectivity index (χ0v) is 13.1. The number of rotatable bonds is 3. The Morgan fingerprint density at radius 2 is 1.63 bits per heavy atom. The largest absolute Gasteiger partial charge is 0.268 e. The van der Waals surface area contributed by atoms with Gasteiger partial charge in [0.15, 0.2) is 0 Å². The summed E-state index contributed by atoms with van der Waals surface area (Å²) in [5.74, 6) is 0. The lowest BCUT2D eigenvalue weighted by Gasteiger charge is -2.09. The number of hydrogen-bond acceptors (Lipinski definition) is 3. The third kappa shape index (κ3) is 2.44. The second-order valence-corrected chi connectivity index (χ2v) is 7.17. The number of aromatic nitrogens is 1. The van der Waals surface area contributed by atoms with Gasteiger partial charge in [-0.1, -0.05) is 17.7 Å². The molecule has 0 radical (unpaired) electrons. The topological polar surface area (TPSA) is 39.1 Å². The highest BCUT2D eigenvalue weighted by Crippen LogP contribution is 2.28. The van der Waals surface area contributed by atoms with E-state index in [1.54, 1.807) is 18.3 Å². The predicted octanol–water partition coefficient (Wildman–Crippen LogP) is 3.37. The second kappa shape index (κ2) is 5.06. The minimum atomic E-state index is -3.50. The third-order valence-electron chi connectivity index (χ3n) is 3.19. The lowest BCUT2D eigenvalue weighted by Crippen LogP contribution is -2.13. The molecule has 0 atom stereocenters. The molecule has 102 valence electrons. The highest BCUT2D eigenvalue weighted by molar-refractivity contribution is 7.99. The Bertz CT molecular complexity index is 698. The van der Waals surface area contributed by atoms with E-state index in [2.05, 4.69) is 0 Å². The van der Waals surface area contributed by atoms with Crippen LogP contribution in [-0.4, -0.2) is 18.6 Å². The Morgan fingerprint density at radius 1 is 1.05 bits per heavy atom. The van der Waals surface area contributed by atoms with Crippen molar-refractivity contribution in [3.05, 3.63) is 47.2 Å². The molecule has 0 N–H and O–H groups in total. The molecule has 3 nitrogen and oxygen atoms in total. The molecule has 2 rings (SSSR count). The van der Waals surface area contributed by atoms with Gasteiger partial charge in [0.2, 0.25) is 0 Å². The first kappa shape index (κ1) is 14.2. The third-order valence-corrected chi connectivity index (χ3v) is 5.87.